The Balaban J connectivity index is 2.10. The number of rotatable bonds is 6. The second-order valence-corrected chi connectivity index (χ2v) is 6.48. The Bertz CT molecular complexity index is 848. The molecule has 0 fully saturated rings. The number of hydrogen-bond donors (Lipinski definition) is 2. The first-order valence-corrected chi connectivity index (χ1v) is 8.41. The molecule has 0 bridgehead atoms. The van der Waals surface area contributed by atoms with Crippen LogP contribution in [0.15, 0.2) is 36.4 Å². The highest BCUT2D eigenvalue weighted by molar-refractivity contribution is 6.35. The third-order valence-corrected chi connectivity index (χ3v) is 4.37. The molecule has 0 heterocycles. The predicted molar refractivity (Wildman–Crippen MR) is 99.2 cm³/mol. The summed E-state index contributed by atoms with van der Waals surface area (Å²) < 4.78 is 13.7. The molecule has 6 nitrogen and oxygen atoms in total. The molecule has 2 aromatic carbocycles. The lowest BCUT2D eigenvalue weighted by molar-refractivity contribution is -0.383. The van der Waals surface area contributed by atoms with E-state index in [1.54, 1.807) is 19.9 Å². The molecule has 9 heteroatoms. The van der Waals surface area contributed by atoms with E-state index in [0.717, 1.165) is 0 Å². The molecular weight excluding hydrogens is 384 g/mol. The Morgan fingerprint density at radius 3 is 2.50 bits per heavy atom. The molecule has 0 aliphatic carbocycles. The van der Waals surface area contributed by atoms with Crippen LogP contribution in [0.2, 0.25) is 10.0 Å². The number of nitrogens with one attached hydrogen (secondary N) is 2. The molecule has 138 valence electrons. The number of nitro benzene ring substituents is 1. The van der Waals surface area contributed by atoms with E-state index in [4.69, 9.17) is 23.2 Å². The van der Waals surface area contributed by atoms with Crippen molar-refractivity contribution in [3.63, 3.8) is 0 Å². The molecule has 1 amide bonds. The quantitative estimate of drug-likeness (QED) is 0.418. The molecule has 2 N–H and O–H groups in total. The van der Waals surface area contributed by atoms with E-state index >= 15 is 0 Å². The highest BCUT2D eigenvalue weighted by atomic mass is 35.5. The second kappa shape index (κ2) is 8.44. The van der Waals surface area contributed by atoms with Crippen molar-refractivity contribution in [2.24, 2.45) is 0 Å². The number of para-hydroxylation sites is 2. The van der Waals surface area contributed by atoms with Crippen LogP contribution in [-0.4, -0.2) is 16.9 Å². The molecule has 0 spiro atoms. The van der Waals surface area contributed by atoms with Gasteiger partial charge in [0.05, 0.1) is 16.0 Å². The topological polar surface area (TPSA) is 84.3 Å². The molecular formula is C17H16Cl2FN3O3. The smallest absolute Gasteiger partial charge is 0.292 e. The molecule has 0 saturated heterocycles. The lowest BCUT2D eigenvalue weighted by Gasteiger charge is -2.21. The lowest BCUT2D eigenvalue weighted by atomic mass is 10.1. The zero-order valence-electron chi connectivity index (χ0n) is 13.9. The van der Waals surface area contributed by atoms with Crippen molar-refractivity contribution in [3.05, 3.63) is 67.9 Å². The molecule has 2 rings (SSSR count). The summed E-state index contributed by atoms with van der Waals surface area (Å²) in [6.45, 7) is 3.30. The molecule has 26 heavy (non-hydrogen) atoms. The van der Waals surface area contributed by atoms with Crippen molar-refractivity contribution in [1.82, 2.24) is 5.32 Å². The number of amides is 1. The van der Waals surface area contributed by atoms with E-state index in [-0.39, 0.29) is 21.4 Å². The average Bonchev–Trinajstić information content (AvgIpc) is 2.58. The number of carbonyl (C=O) groups excluding carboxylic acids is 1. The summed E-state index contributed by atoms with van der Waals surface area (Å²) in [7, 11) is 0. The van der Waals surface area contributed by atoms with E-state index in [9.17, 15) is 19.3 Å². The van der Waals surface area contributed by atoms with Crippen molar-refractivity contribution >= 4 is 40.5 Å². The SMILES string of the molecule is C[C@@H](N[C@H](C)c1cc(F)c(Cl)cc1Cl)C(=O)Nc1ccccc1[N+](=O)[O-]. The van der Waals surface area contributed by atoms with Gasteiger partial charge in [-0.2, -0.15) is 0 Å². The molecule has 0 saturated carbocycles. The molecule has 0 unspecified atom stereocenters. The van der Waals surface area contributed by atoms with Crippen LogP contribution in [0, 0.1) is 15.9 Å². The minimum Gasteiger partial charge on any atom is -0.319 e. The lowest BCUT2D eigenvalue weighted by Crippen LogP contribution is -2.39. The van der Waals surface area contributed by atoms with Crippen LogP contribution >= 0.6 is 23.2 Å². The van der Waals surface area contributed by atoms with Gasteiger partial charge in [0.1, 0.15) is 11.5 Å². The standard InChI is InChI=1S/C17H16Cl2FN3O3/c1-9(11-7-14(20)13(19)8-12(11)18)21-10(2)17(24)22-15-5-3-4-6-16(15)23(25)26/h3-10,21H,1-2H3,(H,22,24)/t9-,10-/m1/s1. The van der Waals surface area contributed by atoms with Gasteiger partial charge >= 0.3 is 0 Å². The van der Waals surface area contributed by atoms with Crippen LogP contribution in [0.3, 0.4) is 0 Å². The summed E-state index contributed by atoms with van der Waals surface area (Å²) in [4.78, 5) is 22.8. The van der Waals surface area contributed by atoms with Gasteiger partial charge < -0.3 is 5.32 Å². The van der Waals surface area contributed by atoms with Gasteiger partial charge in [0, 0.05) is 17.1 Å². The minimum absolute atomic E-state index is 0.0897. The number of anilines is 1. The van der Waals surface area contributed by atoms with Gasteiger partial charge in [-0.05, 0) is 37.6 Å². The van der Waals surface area contributed by atoms with Crippen molar-refractivity contribution in [3.8, 4) is 0 Å². The number of nitrogens with zero attached hydrogens (tertiary/aromatic N) is 1. The summed E-state index contributed by atoms with van der Waals surface area (Å²) in [5.41, 5.74) is 0.335. The molecule has 0 radical (unpaired) electrons. The Kier molecular flexibility index (Phi) is 6.52. The molecule has 2 aromatic rings. The Morgan fingerprint density at radius 1 is 1.19 bits per heavy atom. The van der Waals surface area contributed by atoms with Crippen molar-refractivity contribution in [1.29, 1.82) is 0 Å². The Morgan fingerprint density at radius 2 is 1.85 bits per heavy atom. The summed E-state index contributed by atoms with van der Waals surface area (Å²) in [5.74, 6) is -1.09. The maximum Gasteiger partial charge on any atom is 0.292 e. The van der Waals surface area contributed by atoms with E-state index < -0.39 is 28.7 Å². The van der Waals surface area contributed by atoms with E-state index in [2.05, 4.69) is 10.6 Å². The first-order valence-electron chi connectivity index (χ1n) is 7.65. The number of nitro groups is 1. The minimum atomic E-state index is -0.723. The van der Waals surface area contributed by atoms with Crippen LogP contribution in [0.1, 0.15) is 25.5 Å². The van der Waals surface area contributed by atoms with Gasteiger partial charge in [0.25, 0.3) is 5.69 Å². The van der Waals surface area contributed by atoms with Crippen LogP contribution < -0.4 is 10.6 Å². The summed E-state index contributed by atoms with van der Waals surface area (Å²) in [6.07, 6.45) is 0. The Hall–Kier alpha value is -2.22. The third-order valence-electron chi connectivity index (χ3n) is 3.76. The molecule has 0 aliphatic heterocycles. The predicted octanol–water partition coefficient (Wildman–Crippen LogP) is 4.72. The highest BCUT2D eigenvalue weighted by Gasteiger charge is 2.21. The van der Waals surface area contributed by atoms with E-state index in [0.29, 0.717) is 5.56 Å². The fourth-order valence-electron chi connectivity index (χ4n) is 2.39. The highest BCUT2D eigenvalue weighted by Crippen LogP contribution is 2.29. The zero-order valence-corrected chi connectivity index (χ0v) is 15.4. The number of hydrogen-bond acceptors (Lipinski definition) is 4. The fourth-order valence-corrected chi connectivity index (χ4v) is 2.94. The Labute approximate surface area is 159 Å². The van der Waals surface area contributed by atoms with E-state index in [1.165, 1.54) is 30.3 Å². The largest absolute Gasteiger partial charge is 0.319 e. The number of benzene rings is 2. The monoisotopic (exact) mass is 399 g/mol. The zero-order chi connectivity index (χ0) is 19.4. The van der Waals surface area contributed by atoms with E-state index in [1.807, 2.05) is 0 Å². The third kappa shape index (κ3) is 4.69. The number of carbonyl (C=O) groups is 1. The maximum absolute atomic E-state index is 13.7. The van der Waals surface area contributed by atoms with Crippen molar-refractivity contribution < 1.29 is 14.1 Å². The normalized spacial score (nSPS) is 13.1. The summed E-state index contributed by atoms with van der Waals surface area (Å²) >= 11 is 11.8. The van der Waals surface area contributed by atoms with Gasteiger partial charge in [-0.3, -0.25) is 20.2 Å². The first-order chi connectivity index (χ1) is 12.2. The van der Waals surface area contributed by atoms with Crippen LogP contribution in [-0.2, 0) is 4.79 Å². The molecule has 2 atom stereocenters. The summed E-state index contributed by atoms with van der Waals surface area (Å²) in [6, 6.07) is 7.15. The van der Waals surface area contributed by atoms with Crippen molar-refractivity contribution in [2.45, 2.75) is 25.9 Å². The van der Waals surface area contributed by atoms with Crippen LogP contribution in [0.25, 0.3) is 0 Å². The van der Waals surface area contributed by atoms with Gasteiger partial charge in [-0.15, -0.1) is 0 Å². The van der Waals surface area contributed by atoms with Gasteiger partial charge in [-0.1, -0.05) is 35.3 Å². The first kappa shape index (κ1) is 20.1. The van der Waals surface area contributed by atoms with Crippen LogP contribution in [0.4, 0.5) is 15.8 Å². The maximum atomic E-state index is 13.7. The summed E-state index contributed by atoms with van der Waals surface area (Å²) in [5, 5.41) is 16.7. The van der Waals surface area contributed by atoms with Gasteiger partial charge in [0.2, 0.25) is 5.91 Å². The number of halogens is 3. The van der Waals surface area contributed by atoms with Crippen LogP contribution in [0.5, 0.6) is 0 Å². The van der Waals surface area contributed by atoms with Gasteiger partial charge in [0.15, 0.2) is 0 Å². The van der Waals surface area contributed by atoms with Gasteiger partial charge in [-0.25, -0.2) is 4.39 Å². The molecule has 0 aliphatic rings. The van der Waals surface area contributed by atoms with Crippen molar-refractivity contribution in [2.75, 3.05) is 5.32 Å². The second-order valence-electron chi connectivity index (χ2n) is 5.66. The average molecular weight is 400 g/mol. The molecule has 0 aromatic heterocycles. The fraction of sp³-hybridized carbons (Fsp3) is 0.235.